The lowest BCUT2D eigenvalue weighted by Crippen LogP contribution is -2.32. The van der Waals surface area contributed by atoms with Gasteiger partial charge in [0, 0.05) is 5.69 Å². The molecule has 4 nitrogen and oxygen atoms in total. The summed E-state index contributed by atoms with van der Waals surface area (Å²) in [7, 11) is 0. The summed E-state index contributed by atoms with van der Waals surface area (Å²) < 4.78 is 26.5. The minimum atomic E-state index is -0.568. The number of carbonyl (C=O) groups is 2. The molecule has 1 aliphatic heterocycles. The number of hydrogen-bond donors (Lipinski definition) is 1. The van der Waals surface area contributed by atoms with E-state index in [1.807, 2.05) is 19.1 Å². The van der Waals surface area contributed by atoms with Crippen LogP contribution in [-0.4, -0.2) is 11.8 Å². The third-order valence-corrected chi connectivity index (χ3v) is 4.62. The van der Waals surface area contributed by atoms with E-state index in [4.69, 9.17) is 0 Å². The third-order valence-electron chi connectivity index (χ3n) is 4.62. The number of nitrogens with zero attached hydrogens (tertiary/aromatic N) is 1. The maximum atomic E-state index is 13.3. The molecule has 3 aromatic carbocycles. The predicted octanol–water partition coefficient (Wildman–Crippen LogP) is 4.67. The first-order valence-corrected chi connectivity index (χ1v) is 8.92. The van der Waals surface area contributed by atoms with Gasteiger partial charge in [0.1, 0.15) is 17.3 Å². The molecule has 0 saturated heterocycles. The monoisotopic (exact) mass is 390 g/mol. The molecule has 0 unspecified atom stereocenters. The van der Waals surface area contributed by atoms with Crippen molar-refractivity contribution in [3.8, 4) is 0 Å². The summed E-state index contributed by atoms with van der Waals surface area (Å²) in [6.45, 7) is 1.92. The number of anilines is 2. The van der Waals surface area contributed by atoms with Crippen molar-refractivity contribution < 1.29 is 18.4 Å². The molecule has 0 radical (unpaired) electrons. The van der Waals surface area contributed by atoms with Crippen molar-refractivity contribution in [3.05, 3.63) is 101 Å². The van der Waals surface area contributed by atoms with Crippen LogP contribution in [0.4, 0.5) is 20.2 Å². The van der Waals surface area contributed by atoms with Crippen molar-refractivity contribution >= 4 is 28.8 Å². The summed E-state index contributed by atoms with van der Waals surface area (Å²) in [5.41, 5.74) is 2.59. The number of nitrogens with one attached hydrogen (secondary N) is 1. The van der Waals surface area contributed by atoms with Crippen molar-refractivity contribution in [2.45, 2.75) is 6.92 Å². The highest BCUT2D eigenvalue weighted by Gasteiger charge is 2.40. The van der Waals surface area contributed by atoms with E-state index in [1.54, 1.807) is 12.1 Å². The molecule has 0 aromatic heterocycles. The molecule has 1 aliphatic rings. The number of imide groups is 1. The SMILES string of the molecule is Cc1ccc(C2=C(Nc3ccc(F)cc3)C(=O)N(c3ccc(F)cc3)C2=O)cc1. The fourth-order valence-electron chi connectivity index (χ4n) is 3.14. The molecule has 6 heteroatoms. The van der Waals surface area contributed by atoms with Gasteiger partial charge in [-0.1, -0.05) is 29.8 Å². The van der Waals surface area contributed by atoms with Crippen molar-refractivity contribution in [2.24, 2.45) is 0 Å². The van der Waals surface area contributed by atoms with Crippen LogP contribution in [0.5, 0.6) is 0 Å². The number of amides is 2. The Morgan fingerprint density at radius 2 is 1.28 bits per heavy atom. The quantitative estimate of drug-likeness (QED) is 0.659. The average Bonchev–Trinajstić information content (AvgIpc) is 2.95. The Morgan fingerprint density at radius 3 is 1.86 bits per heavy atom. The van der Waals surface area contributed by atoms with Gasteiger partial charge in [0.25, 0.3) is 11.8 Å². The van der Waals surface area contributed by atoms with E-state index in [2.05, 4.69) is 5.32 Å². The van der Waals surface area contributed by atoms with Gasteiger partial charge in [0.2, 0.25) is 0 Å². The van der Waals surface area contributed by atoms with Gasteiger partial charge in [-0.15, -0.1) is 0 Å². The van der Waals surface area contributed by atoms with E-state index in [0.717, 1.165) is 10.5 Å². The number of hydrogen-bond acceptors (Lipinski definition) is 3. The first kappa shape index (κ1) is 18.6. The molecule has 0 aliphatic carbocycles. The normalized spacial score (nSPS) is 14.0. The van der Waals surface area contributed by atoms with Gasteiger partial charge in [-0.3, -0.25) is 9.59 Å². The zero-order chi connectivity index (χ0) is 20.5. The first-order chi connectivity index (χ1) is 13.9. The Kier molecular flexibility index (Phi) is 4.68. The van der Waals surface area contributed by atoms with E-state index in [0.29, 0.717) is 11.3 Å². The molecule has 0 bridgehead atoms. The number of benzene rings is 3. The molecule has 0 fully saturated rings. The lowest BCUT2D eigenvalue weighted by Gasteiger charge is -2.15. The summed E-state index contributed by atoms with van der Waals surface area (Å²) >= 11 is 0. The van der Waals surface area contributed by atoms with Crippen LogP contribution in [0.3, 0.4) is 0 Å². The van der Waals surface area contributed by atoms with Crippen LogP contribution in [-0.2, 0) is 9.59 Å². The molecule has 3 aromatic rings. The number of halogens is 2. The minimum absolute atomic E-state index is 0.0785. The van der Waals surface area contributed by atoms with Gasteiger partial charge in [-0.2, -0.15) is 0 Å². The van der Waals surface area contributed by atoms with Crippen LogP contribution in [0.25, 0.3) is 5.57 Å². The van der Waals surface area contributed by atoms with Gasteiger partial charge in [-0.25, -0.2) is 13.7 Å². The van der Waals surface area contributed by atoms with Crippen LogP contribution < -0.4 is 10.2 Å². The highest BCUT2D eigenvalue weighted by atomic mass is 19.1. The van der Waals surface area contributed by atoms with E-state index in [9.17, 15) is 18.4 Å². The zero-order valence-corrected chi connectivity index (χ0v) is 15.4. The lowest BCUT2D eigenvalue weighted by atomic mass is 10.0. The van der Waals surface area contributed by atoms with E-state index >= 15 is 0 Å². The van der Waals surface area contributed by atoms with Crippen LogP contribution in [0.15, 0.2) is 78.5 Å². The molecule has 1 N–H and O–H groups in total. The van der Waals surface area contributed by atoms with Gasteiger partial charge in [0.05, 0.1) is 11.3 Å². The maximum Gasteiger partial charge on any atom is 0.282 e. The summed E-state index contributed by atoms with van der Waals surface area (Å²) in [6.07, 6.45) is 0. The van der Waals surface area contributed by atoms with E-state index in [1.165, 1.54) is 48.5 Å². The predicted molar refractivity (Wildman–Crippen MR) is 107 cm³/mol. The van der Waals surface area contributed by atoms with Gasteiger partial charge in [-0.05, 0) is 61.0 Å². The Bertz CT molecular complexity index is 1120. The minimum Gasteiger partial charge on any atom is -0.350 e. The second kappa shape index (κ2) is 7.31. The largest absolute Gasteiger partial charge is 0.350 e. The summed E-state index contributed by atoms with van der Waals surface area (Å²) in [6, 6.07) is 17.8. The average molecular weight is 390 g/mol. The van der Waals surface area contributed by atoms with Crippen molar-refractivity contribution in [1.29, 1.82) is 0 Å². The second-order valence-corrected chi connectivity index (χ2v) is 6.67. The smallest absolute Gasteiger partial charge is 0.282 e. The van der Waals surface area contributed by atoms with Crippen molar-refractivity contribution in [3.63, 3.8) is 0 Å². The Balaban J connectivity index is 1.80. The van der Waals surface area contributed by atoms with Crippen LogP contribution >= 0.6 is 0 Å². The molecule has 4 rings (SSSR count). The van der Waals surface area contributed by atoms with Crippen molar-refractivity contribution in [1.82, 2.24) is 0 Å². The van der Waals surface area contributed by atoms with Crippen LogP contribution in [0, 0.1) is 18.6 Å². The van der Waals surface area contributed by atoms with E-state index < -0.39 is 23.4 Å². The summed E-state index contributed by atoms with van der Waals surface area (Å²) in [4.78, 5) is 27.3. The number of aryl methyl sites for hydroxylation is 1. The highest BCUT2D eigenvalue weighted by Crippen LogP contribution is 2.34. The molecule has 144 valence electrons. The standard InChI is InChI=1S/C23H16F2N2O2/c1-14-2-4-15(5-3-14)20-21(26-18-10-6-16(24)7-11-18)23(29)27(22(20)28)19-12-8-17(25)9-13-19/h2-13,26H,1H3. The first-order valence-electron chi connectivity index (χ1n) is 8.92. The fraction of sp³-hybridized carbons (Fsp3) is 0.0435. The summed E-state index contributed by atoms with van der Waals surface area (Å²) in [5, 5.41) is 2.95. The second-order valence-electron chi connectivity index (χ2n) is 6.67. The maximum absolute atomic E-state index is 13.3. The van der Waals surface area contributed by atoms with Crippen molar-refractivity contribution in [2.75, 3.05) is 10.2 Å². The molecular weight excluding hydrogens is 374 g/mol. The topological polar surface area (TPSA) is 49.4 Å². The molecule has 0 spiro atoms. The molecule has 0 saturated carbocycles. The van der Waals surface area contributed by atoms with Gasteiger partial charge in [0.15, 0.2) is 0 Å². The van der Waals surface area contributed by atoms with Crippen LogP contribution in [0.2, 0.25) is 0 Å². The molecular formula is C23H16F2N2O2. The fourth-order valence-corrected chi connectivity index (χ4v) is 3.14. The Labute approximate surface area is 166 Å². The molecule has 29 heavy (non-hydrogen) atoms. The van der Waals surface area contributed by atoms with Crippen LogP contribution in [0.1, 0.15) is 11.1 Å². The van der Waals surface area contributed by atoms with E-state index in [-0.39, 0.29) is 17.0 Å². The molecule has 0 atom stereocenters. The highest BCUT2D eigenvalue weighted by molar-refractivity contribution is 6.46. The summed E-state index contributed by atoms with van der Waals surface area (Å²) in [5.74, 6) is -1.97. The van der Waals surface area contributed by atoms with Gasteiger partial charge < -0.3 is 5.32 Å². The lowest BCUT2D eigenvalue weighted by molar-refractivity contribution is -0.120. The van der Waals surface area contributed by atoms with Gasteiger partial charge >= 0.3 is 0 Å². The molecule has 1 heterocycles. The zero-order valence-electron chi connectivity index (χ0n) is 15.4. The number of carbonyl (C=O) groups excluding carboxylic acids is 2. The number of rotatable bonds is 4. The Morgan fingerprint density at radius 1 is 0.724 bits per heavy atom. The third kappa shape index (κ3) is 3.52. The molecule has 2 amide bonds. The Hall–Kier alpha value is -3.80.